The number of halogens is 1. The number of hydrogen-bond acceptors (Lipinski definition) is 5. The van der Waals surface area contributed by atoms with Gasteiger partial charge in [0.1, 0.15) is 0 Å². The average molecular weight is 384 g/mol. The summed E-state index contributed by atoms with van der Waals surface area (Å²) >= 11 is 2.42. The fourth-order valence-electron chi connectivity index (χ4n) is 2.39. The van der Waals surface area contributed by atoms with Gasteiger partial charge in [0.2, 0.25) is 0 Å². The van der Waals surface area contributed by atoms with Gasteiger partial charge in [0.05, 0.1) is 39.1 Å². The Morgan fingerprint density at radius 3 is 2.11 bits per heavy atom. The maximum atomic E-state index is 6.02. The summed E-state index contributed by atoms with van der Waals surface area (Å²) in [6.07, 6.45) is 0.347. The molecule has 112 valence electrons. The monoisotopic (exact) mass is 384 g/mol. The lowest BCUT2D eigenvalue weighted by Gasteiger charge is -2.31. The van der Waals surface area contributed by atoms with E-state index >= 15 is 0 Å². The molecule has 0 spiro atoms. The summed E-state index contributed by atoms with van der Waals surface area (Å²) in [4.78, 5) is 4.87. The predicted octanol–water partition coefficient (Wildman–Crippen LogP) is 0.471. The fourth-order valence-corrected chi connectivity index (χ4v) is 2.92. The van der Waals surface area contributed by atoms with Gasteiger partial charge >= 0.3 is 0 Å². The van der Waals surface area contributed by atoms with Gasteiger partial charge in [-0.15, -0.1) is 0 Å². The molecule has 2 aliphatic heterocycles. The molecule has 5 nitrogen and oxygen atoms in total. The van der Waals surface area contributed by atoms with E-state index < -0.39 is 0 Å². The van der Waals surface area contributed by atoms with Crippen molar-refractivity contribution in [3.8, 4) is 0 Å². The van der Waals surface area contributed by atoms with Crippen molar-refractivity contribution in [1.29, 1.82) is 0 Å². The Bertz CT molecular complexity index is 234. The molecular formula is C13H25IN2O3. The molecule has 0 aromatic heterocycles. The standard InChI is InChI=1S/C13H25IN2O3/c14-11-13(12-16-3-8-18-9-4-16)19-10-5-15-1-6-17-7-2-15/h13H,1-12H2. The molecule has 0 N–H and O–H groups in total. The second-order valence-corrected chi connectivity index (χ2v) is 5.89. The topological polar surface area (TPSA) is 34.2 Å². The molecule has 0 aliphatic carbocycles. The van der Waals surface area contributed by atoms with Crippen LogP contribution in [0.15, 0.2) is 0 Å². The fraction of sp³-hybridized carbons (Fsp3) is 1.00. The molecule has 2 fully saturated rings. The lowest BCUT2D eigenvalue weighted by molar-refractivity contribution is -0.0176. The summed E-state index contributed by atoms with van der Waals surface area (Å²) in [5, 5.41) is 0. The molecule has 6 heteroatoms. The quantitative estimate of drug-likeness (QED) is 0.471. The Balaban J connectivity index is 1.58. The van der Waals surface area contributed by atoms with Crippen LogP contribution in [-0.4, -0.2) is 92.6 Å². The van der Waals surface area contributed by atoms with Crippen molar-refractivity contribution in [2.24, 2.45) is 0 Å². The molecule has 1 atom stereocenters. The Morgan fingerprint density at radius 1 is 0.947 bits per heavy atom. The smallest absolute Gasteiger partial charge is 0.0791 e. The minimum atomic E-state index is 0.347. The number of hydrogen-bond donors (Lipinski definition) is 0. The third-order valence-electron chi connectivity index (χ3n) is 3.60. The van der Waals surface area contributed by atoms with E-state index in [1.165, 1.54) is 0 Å². The number of morpholine rings is 2. The van der Waals surface area contributed by atoms with Crippen molar-refractivity contribution in [3.05, 3.63) is 0 Å². The molecule has 0 aromatic carbocycles. The first-order valence-corrected chi connectivity index (χ1v) is 8.69. The summed E-state index contributed by atoms with van der Waals surface area (Å²) < 4.78 is 17.8. The van der Waals surface area contributed by atoms with Gasteiger partial charge in [-0.2, -0.15) is 0 Å². The largest absolute Gasteiger partial charge is 0.379 e. The molecule has 2 heterocycles. The van der Waals surface area contributed by atoms with Crippen LogP contribution in [0.25, 0.3) is 0 Å². The van der Waals surface area contributed by atoms with Gasteiger partial charge in [-0.1, -0.05) is 22.6 Å². The maximum Gasteiger partial charge on any atom is 0.0791 e. The Kier molecular flexibility index (Phi) is 7.92. The first-order valence-electron chi connectivity index (χ1n) is 7.16. The SMILES string of the molecule is ICC(CN1CCOCC1)OCCN1CCOCC1. The second kappa shape index (κ2) is 9.46. The van der Waals surface area contributed by atoms with Crippen molar-refractivity contribution in [1.82, 2.24) is 9.80 Å². The van der Waals surface area contributed by atoms with Crippen LogP contribution in [0.2, 0.25) is 0 Å². The summed E-state index contributed by atoms with van der Waals surface area (Å²) in [7, 11) is 0. The van der Waals surface area contributed by atoms with Crippen LogP contribution in [0.5, 0.6) is 0 Å². The lowest BCUT2D eigenvalue weighted by atomic mass is 10.3. The van der Waals surface area contributed by atoms with Crippen molar-refractivity contribution in [2.45, 2.75) is 6.10 Å². The zero-order valence-electron chi connectivity index (χ0n) is 11.6. The van der Waals surface area contributed by atoms with E-state index in [9.17, 15) is 0 Å². The van der Waals surface area contributed by atoms with Crippen LogP contribution < -0.4 is 0 Å². The Hall–Kier alpha value is 0.530. The zero-order chi connectivity index (χ0) is 13.3. The molecule has 2 aliphatic rings. The zero-order valence-corrected chi connectivity index (χ0v) is 13.7. The molecular weight excluding hydrogens is 359 g/mol. The van der Waals surface area contributed by atoms with Crippen LogP contribution in [-0.2, 0) is 14.2 Å². The van der Waals surface area contributed by atoms with E-state index in [0.29, 0.717) is 6.10 Å². The summed E-state index contributed by atoms with van der Waals surface area (Å²) in [6.45, 7) is 10.5. The van der Waals surface area contributed by atoms with Crippen LogP contribution in [0.4, 0.5) is 0 Å². The van der Waals surface area contributed by atoms with Crippen molar-refractivity contribution in [3.63, 3.8) is 0 Å². The summed E-state index contributed by atoms with van der Waals surface area (Å²) in [5.41, 5.74) is 0. The van der Waals surface area contributed by atoms with Crippen LogP contribution in [0.3, 0.4) is 0 Å². The number of rotatable bonds is 7. The molecule has 19 heavy (non-hydrogen) atoms. The Labute approximate surface area is 129 Å². The van der Waals surface area contributed by atoms with Crippen molar-refractivity contribution in [2.75, 3.05) is 76.7 Å². The highest BCUT2D eigenvalue weighted by Crippen LogP contribution is 2.05. The molecule has 1 unspecified atom stereocenters. The van der Waals surface area contributed by atoms with E-state index in [1.807, 2.05) is 0 Å². The van der Waals surface area contributed by atoms with Gasteiger partial charge in [0.25, 0.3) is 0 Å². The van der Waals surface area contributed by atoms with Crippen molar-refractivity contribution >= 4 is 22.6 Å². The highest BCUT2D eigenvalue weighted by Gasteiger charge is 2.17. The molecule has 0 saturated carbocycles. The van der Waals surface area contributed by atoms with Gasteiger partial charge < -0.3 is 14.2 Å². The van der Waals surface area contributed by atoms with Crippen LogP contribution >= 0.6 is 22.6 Å². The molecule has 2 saturated heterocycles. The number of nitrogens with zero attached hydrogens (tertiary/aromatic N) is 2. The second-order valence-electron chi connectivity index (χ2n) is 5.01. The van der Waals surface area contributed by atoms with Gasteiger partial charge in [-0.05, 0) is 0 Å². The van der Waals surface area contributed by atoms with E-state index in [4.69, 9.17) is 14.2 Å². The third-order valence-corrected chi connectivity index (χ3v) is 4.58. The van der Waals surface area contributed by atoms with Gasteiger partial charge in [0, 0.05) is 43.7 Å². The Morgan fingerprint density at radius 2 is 1.53 bits per heavy atom. The number of alkyl halides is 1. The normalized spacial score (nSPS) is 24.5. The first-order chi connectivity index (χ1) is 9.38. The number of ether oxygens (including phenoxy) is 3. The van der Waals surface area contributed by atoms with Crippen LogP contribution in [0, 0.1) is 0 Å². The highest BCUT2D eigenvalue weighted by molar-refractivity contribution is 14.1. The highest BCUT2D eigenvalue weighted by atomic mass is 127. The summed E-state index contributed by atoms with van der Waals surface area (Å²) in [6, 6.07) is 0. The van der Waals surface area contributed by atoms with E-state index in [2.05, 4.69) is 32.4 Å². The van der Waals surface area contributed by atoms with E-state index in [1.54, 1.807) is 0 Å². The maximum absolute atomic E-state index is 6.02. The molecule has 2 rings (SSSR count). The van der Waals surface area contributed by atoms with Gasteiger partial charge in [-0.3, -0.25) is 9.80 Å². The molecule has 0 bridgehead atoms. The lowest BCUT2D eigenvalue weighted by Crippen LogP contribution is -2.43. The minimum absolute atomic E-state index is 0.347. The molecule has 0 radical (unpaired) electrons. The summed E-state index contributed by atoms with van der Waals surface area (Å²) in [5.74, 6) is 0. The van der Waals surface area contributed by atoms with E-state index in [0.717, 1.165) is 76.7 Å². The minimum Gasteiger partial charge on any atom is -0.379 e. The predicted molar refractivity (Wildman–Crippen MR) is 83.1 cm³/mol. The van der Waals surface area contributed by atoms with Crippen molar-refractivity contribution < 1.29 is 14.2 Å². The van der Waals surface area contributed by atoms with Gasteiger partial charge in [0.15, 0.2) is 0 Å². The molecule has 0 aromatic rings. The van der Waals surface area contributed by atoms with Gasteiger partial charge in [-0.25, -0.2) is 0 Å². The third kappa shape index (κ3) is 6.22. The van der Waals surface area contributed by atoms with Crippen LogP contribution in [0.1, 0.15) is 0 Å². The first kappa shape index (κ1) is 15.9. The average Bonchev–Trinajstić information content (AvgIpc) is 2.48. The molecule has 0 amide bonds. The van der Waals surface area contributed by atoms with E-state index in [-0.39, 0.29) is 0 Å².